The normalized spacial score (nSPS) is 20.8. The average Bonchev–Trinajstić information content (AvgIpc) is 3.44. The first-order chi connectivity index (χ1) is 17.1. The molecule has 0 radical (unpaired) electrons. The summed E-state index contributed by atoms with van der Waals surface area (Å²) >= 11 is 6.19. The maximum Gasteiger partial charge on any atom is 0.256 e. The van der Waals surface area contributed by atoms with Gasteiger partial charge in [-0.1, -0.05) is 11.6 Å². The Morgan fingerprint density at radius 3 is 2.72 bits per heavy atom. The van der Waals surface area contributed by atoms with Crippen molar-refractivity contribution < 1.29 is 13.2 Å². The van der Waals surface area contributed by atoms with Gasteiger partial charge in [0.05, 0.1) is 29.2 Å². The van der Waals surface area contributed by atoms with Gasteiger partial charge in [-0.3, -0.25) is 9.52 Å². The summed E-state index contributed by atoms with van der Waals surface area (Å²) in [5, 5.41) is 5.14. The smallest absolute Gasteiger partial charge is 0.256 e. The second kappa shape index (κ2) is 9.53. The first-order valence-corrected chi connectivity index (χ1v) is 14.3. The van der Waals surface area contributed by atoms with E-state index < -0.39 is 10.0 Å². The van der Waals surface area contributed by atoms with Gasteiger partial charge in [0.15, 0.2) is 5.65 Å². The molecule has 2 aliphatic rings. The summed E-state index contributed by atoms with van der Waals surface area (Å²) in [6, 6.07) is 6.40. The van der Waals surface area contributed by atoms with Crippen LogP contribution in [0.5, 0.6) is 0 Å². The molecule has 0 saturated carbocycles. The highest BCUT2D eigenvalue weighted by atomic mass is 35.5. The average molecular weight is 532 g/mol. The zero-order chi connectivity index (χ0) is 25.6. The summed E-state index contributed by atoms with van der Waals surface area (Å²) in [6.45, 7) is 4.20. The number of anilines is 2. The standard InChI is InChI=1S/C24H30ClN7O3S/c1-15-13-32-22(27-23(15)30-10-8-17(26)14-30)12-20(28-32)21-5-3-4-9-31(21)24(33)18-11-16(25)6-7-19(18)29-36(2,34)35/h6-7,11-13,17,21,29H,3-5,8-10,14,26H2,1-2H3. The molecule has 2 saturated heterocycles. The van der Waals surface area contributed by atoms with Gasteiger partial charge in [-0.25, -0.2) is 17.9 Å². The van der Waals surface area contributed by atoms with Crippen molar-refractivity contribution in [1.82, 2.24) is 19.5 Å². The number of nitrogens with two attached hydrogens (primary N) is 1. The van der Waals surface area contributed by atoms with Gasteiger partial charge in [-0.2, -0.15) is 5.10 Å². The highest BCUT2D eigenvalue weighted by Crippen LogP contribution is 2.34. The number of likely N-dealkylation sites (tertiary alicyclic amines) is 1. The third kappa shape index (κ3) is 5.00. The molecule has 10 nitrogen and oxygen atoms in total. The molecule has 192 valence electrons. The minimum atomic E-state index is -3.58. The molecule has 3 aromatic rings. The number of rotatable bonds is 5. The van der Waals surface area contributed by atoms with E-state index in [4.69, 9.17) is 27.4 Å². The summed E-state index contributed by atoms with van der Waals surface area (Å²) in [7, 11) is -3.58. The van der Waals surface area contributed by atoms with Crippen LogP contribution in [0.3, 0.4) is 0 Å². The number of carbonyl (C=O) groups is 1. The maximum atomic E-state index is 13.7. The molecule has 0 spiro atoms. The SMILES string of the molecule is Cc1cn2nc(C3CCCCN3C(=O)c3cc(Cl)ccc3NS(C)(=O)=O)cc2nc1N1CCC(N)C1. The fourth-order valence-corrected chi connectivity index (χ4v) is 5.85. The molecule has 1 aromatic carbocycles. The van der Waals surface area contributed by atoms with Gasteiger partial charge in [-0.05, 0) is 50.8 Å². The van der Waals surface area contributed by atoms with Crippen molar-refractivity contribution in [3.05, 3.63) is 52.3 Å². The largest absolute Gasteiger partial charge is 0.355 e. The lowest BCUT2D eigenvalue weighted by Crippen LogP contribution is -2.39. The van der Waals surface area contributed by atoms with Crippen molar-refractivity contribution in [3.63, 3.8) is 0 Å². The number of aromatic nitrogens is 3. The lowest BCUT2D eigenvalue weighted by molar-refractivity contribution is 0.0607. The molecule has 0 bridgehead atoms. The van der Waals surface area contributed by atoms with E-state index in [1.54, 1.807) is 15.5 Å². The molecule has 12 heteroatoms. The molecular weight excluding hydrogens is 502 g/mol. The minimum Gasteiger partial charge on any atom is -0.355 e. The maximum absolute atomic E-state index is 13.7. The zero-order valence-electron chi connectivity index (χ0n) is 20.3. The second-order valence-corrected chi connectivity index (χ2v) is 11.9. The molecule has 2 atom stereocenters. The minimum absolute atomic E-state index is 0.151. The van der Waals surface area contributed by atoms with Gasteiger partial charge in [0, 0.05) is 48.5 Å². The molecule has 2 fully saturated rings. The highest BCUT2D eigenvalue weighted by molar-refractivity contribution is 7.92. The van der Waals surface area contributed by atoms with Gasteiger partial charge in [0.2, 0.25) is 10.0 Å². The van der Waals surface area contributed by atoms with Crippen LogP contribution in [0.2, 0.25) is 5.02 Å². The van der Waals surface area contributed by atoms with Gasteiger partial charge in [0.25, 0.3) is 5.91 Å². The van der Waals surface area contributed by atoms with Crippen LogP contribution in [0.4, 0.5) is 11.5 Å². The zero-order valence-corrected chi connectivity index (χ0v) is 21.9. The Morgan fingerprint density at radius 2 is 2.00 bits per heavy atom. The van der Waals surface area contributed by atoms with E-state index in [1.807, 2.05) is 19.2 Å². The monoisotopic (exact) mass is 531 g/mol. The summed E-state index contributed by atoms with van der Waals surface area (Å²) in [6.07, 6.45) is 6.51. The molecular formula is C24H30ClN7O3S. The lowest BCUT2D eigenvalue weighted by atomic mass is 9.98. The van der Waals surface area contributed by atoms with Crippen molar-refractivity contribution in [1.29, 1.82) is 0 Å². The molecule has 1 amide bonds. The topological polar surface area (TPSA) is 126 Å². The molecule has 2 aliphatic heterocycles. The van der Waals surface area contributed by atoms with E-state index in [9.17, 15) is 13.2 Å². The van der Waals surface area contributed by atoms with E-state index in [2.05, 4.69) is 9.62 Å². The Morgan fingerprint density at radius 1 is 1.19 bits per heavy atom. The number of nitrogens with one attached hydrogen (secondary N) is 1. The van der Waals surface area contributed by atoms with Crippen molar-refractivity contribution in [2.24, 2.45) is 5.73 Å². The number of amides is 1. The Labute approximate surface area is 215 Å². The summed E-state index contributed by atoms with van der Waals surface area (Å²) in [4.78, 5) is 22.6. The van der Waals surface area contributed by atoms with Crippen LogP contribution >= 0.6 is 11.6 Å². The molecule has 5 rings (SSSR count). The van der Waals surface area contributed by atoms with Gasteiger partial charge >= 0.3 is 0 Å². The number of carbonyl (C=O) groups excluding carboxylic acids is 1. The second-order valence-electron chi connectivity index (χ2n) is 9.69. The third-order valence-electron chi connectivity index (χ3n) is 6.76. The molecule has 3 N–H and O–H groups in total. The fourth-order valence-electron chi connectivity index (χ4n) is 5.10. The van der Waals surface area contributed by atoms with Crippen LogP contribution in [0.25, 0.3) is 5.65 Å². The van der Waals surface area contributed by atoms with E-state index >= 15 is 0 Å². The van der Waals surface area contributed by atoms with Crippen molar-refractivity contribution >= 4 is 44.7 Å². The number of hydrogen-bond donors (Lipinski definition) is 2. The Hall–Kier alpha value is -2.89. The lowest BCUT2D eigenvalue weighted by Gasteiger charge is -2.35. The van der Waals surface area contributed by atoms with Gasteiger partial charge < -0.3 is 15.5 Å². The number of piperidine rings is 1. The van der Waals surface area contributed by atoms with Crippen molar-refractivity contribution in [2.45, 2.75) is 44.7 Å². The third-order valence-corrected chi connectivity index (χ3v) is 7.59. The van der Waals surface area contributed by atoms with E-state index in [0.717, 1.165) is 62.1 Å². The number of halogens is 1. The van der Waals surface area contributed by atoms with Crippen LogP contribution in [0.1, 0.15) is 53.3 Å². The number of aryl methyl sites for hydroxylation is 1. The quantitative estimate of drug-likeness (QED) is 0.518. The molecule has 2 aromatic heterocycles. The number of sulfonamides is 1. The highest BCUT2D eigenvalue weighted by Gasteiger charge is 2.32. The van der Waals surface area contributed by atoms with Crippen molar-refractivity contribution in [2.75, 3.05) is 35.5 Å². The summed E-state index contributed by atoms with van der Waals surface area (Å²) in [5.41, 5.74) is 9.00. The number of hydrogen-bond acceptors (Lipinski definition) is 7. The fraction of sp³-hybridized carbons (Fsp3) is 0.458. The first-order valence-electron chi connectivity index (χ1n) is 12.0. The van der Waals surface area contributed by atoms with Crippen LogP contribution in [-0.2, 0) is 10.0 Å². The Balaban J connectivity index is 1.49. The van der Waals surface area contributed by atoms with E-state index in [0.29, 0.717) is 17.2 Å². The predicted molar refractivity (Wildman–Crippen MR) is 140 cm³/mol. The molecule has 0 aliphatic carbocycles. The molecule has 2 unspecified atom stereocenters. The van der Waals surface area contributed by atoms with Crippen LogP contribution in [-0.4, -0.2) is 65.8 Å². The van der Waals surface area contributed by atoms with Crippen LogP contribution < -0.4 is 15.4 Å². The van der Waals surface area contributed by atoms with E-state index in [1.165, 1.54) is 12.1 Å². The first kappa shape index (κ1) is 24.8. The summed E-state index contributed by atoms with van der Waals surface area (Å²) < 4.78 is 28.0. The predicted octanol–water partition coefficient (Wildman–Crippen LogP) is 2.97. The number of nitrogens with zero attached hydrogens (tertiary/aromatic N) is 5. The van der Waals surface area contributed by atoms with E-state index in [-0.39, 0.29) is 29.2 Å². The molecule has 4 heterocycles. The number of benzene rings is 1. The van der Waals surface area contributed by atoms with Gasteiger partial charge in [0.1, 0.15) is 5.82 Å². The van der Waals surface area contributed by atoms with Crippen molar-refractivity contribution in [3.8, 4) is 0 Å². The van der Waals surface area contributed by atoms with Crippen LogP contribution in [0.15, 0.2) is 30.5 Å². The number of fused-ring (bicyclic) bond motifs is 1. The summed E-state index contributed by atoms with van der Waals surface area (Å²) in [5.74, 6) is 0.621. The Kier molecular flexibility index (Phi) is 6.56. The van der Waals surface area contributed by atoms with Gasteiger partial charge in [-0.15, -0.1) is 0 Å². The Bertz CT molecular complexity index is 1420. The van der Waals surface area contributed by atoms with Crippen LogP contribution in [0, 0.1) is 6.92 Å². The molecule has 36 heavy (non-hydrogen) atoms.